The molecule has 1 aromatic rings. The lowest BCUT2D eigenvalue weighted by Gasteiger charge is -2.41. The minimum absolute atomic E-state index is 0.115. The van der Waals surface area contributed by atoms with Crippen LogP contribution in [0.4, 0.5) is 0 Å². The molecule has 1 aliphatic heterocycles. The van der Waals surface area contributed by atoms with E-state index in [0.717, 1.165) is 49.4 Å². The molecular formula is C17H25Cl2NO. The maximum atomic E-state index is 6.34. The smallest absolute Gasteiger partial charge is 0.0810 e. The molecule has 2 unspecified atom stereocenters. The van der Waals surface area contributed by atoms with Crippen molar-refractivity contribution in [3.05, 3.63) is 33.8 Å². The number of rotatable bonds is 6. The van der Waals surface area contributed by atoms with Crippen LogP contribution in [0.25, 0.3) is 0 Å². The van der Waals surface area contributed by atoms with Gasteiger partial charge in [-0.2, -0.15) is 0 Å². The van der Waals surface area contributed by atoms with Crippen molar-refractivity contribution >= 4 is 23.2 Å². The van der Waals surface area contributed by atoms with Crippen LogP contribution in [-0.4, -0.2) is 24.8 Å². The van der Waals surface area contributed by atoms with Crippen molar-refractivity contribution in [1.82, 2.24) is 5.32 Å². The Morgan fingerprint density at radius 2 is 2.14 bits per heavy atom. The van der Waals surface area contributed by atoms with E-state index < -0.39 is 0 Å². The second kappa shape index (κ2) is 7.82. The SMILES string of the molecule is CCCNC(Cc1ccc(Cl)cc1Cl)C1(C)CCCCO1. The van der Waals surface area contributed by atoms with Gasteiger partial charge in [-0.05, 0) is 63.3 Å². The Balaban J connectivity index is 2.15. The average Bonchev–Trinajstić information content (AvgIpc) is 2.46. The molecule has 2 rings (SSSR count). The van der Waals surface area contributed by atoms with Gasteiger partial charge in [-0.3, -0.25) is 0 Å². The molecule has 1 saturated heterocycles. The predicted octanol–water partition coefficient (Wildman–Crippen LogP) is 4.86. The van der Waals surface area contributed by atoms with Crippen LogP contribution in [0.5, 0.6) is 0 Å². The van der Waals surface area contributed by atoms with Crippen molar-refractivity contribution in [2.24, 2.45) is 0 Å². The molecule has 4 heteroatoms. The van der Waals surface area contributed by atoms with Gasteiger partial charge in [-0.15, -0.1) is 0 Å². The molecule has 2 atom stereocenters. The van der Waals surface area contributed by atoms with Gasteiger partial charge in [0.15, 0.2) is 0 Å². The molecular weight excluding hydrogens is 305 g/mol. The number of hydrogen-bond acceptors (Lipinski definition) is 2. The molecule has 0 aromatic heterocycles. The summed E-state index contributed by atoms with van der Waals surface area (Å²) in [4.78, 5) is 0. The third-order valence-electron chi connectivity index (χ3n) is 4.32. The Hall–Kier alpha value is -0.280. The first-order chi connectivity index (χ1) is 10.0. The monoisotopic (exact) mass is 329 g/mol. The lowest BCUT2D eigenvalue weighted by molar-refractivity contribution is -0.0883. The van der Waals surface area contributed by atoms with Gasteiger partial charge in [0.05, 0.1) is 5.60 Å². The second-order valence-electron chi connectivity index (χ2n) is 6.06. The van der Waals surface area contributed by atoms with Gasteiger partial charge in [0.2, 0.25) is 0 Å². The number of nitrogens with one attached hydrogen (secondary N) is 1. The highest BCUT2D eigenvalue weighted by molar-refractivity contribution is 6.35. The van der Waals surface area contributed by atoms with Crippen molar-refractivity contribution in [2.45, 2.75) is 57.6 Å². The lowest BCUT2D eigenvalue weighted by atomic mass is 9.84. The van der Waals surface area contributed by atoms with Crippen LogP contribution < -0.4 is 5.32 Å². The third kappa shape index (κ3) is 4.59. The summed E-state index contributed by atoms with van der Waals surface area (Å²) in [7, 11) is 0. The molecule has 21 heavy (non-hydrogen) atoms. The van der Waals surface area contributed by atoms with Gasteiger partial charge in [-0.1, -0.05) is 36.2 Å². The van der Waals surface area contributed by atoms with E-state index in [0.29, 0.717) is 5.02 Å². The van der Waals surface area contributed by atoms with E-state index in [2.05, 4.69) is 19.2 Å². The van der Waals surface area contributed by atoms with Crippen molar-refractivity contribution in [3.63, 3.8) is 0 Å². The maximum Gasteiger partial charge on any atom is 0.0810 e. The van der Waals surface area contributed by atoms with Crippen molar-refractivity contribution in [2.75, 3.05) is 13.2 Å². The molecule has 0 saturated carbocycles. The summed E-state index contributed by atoms with van der Waals surface area (Å²) in [6.07, 6.45) is 5.47. The molecule has 0 radical (unpaired) electrons. The van der Waals surface area contributed by atoms with Gasteiger partial charge in [0, 0.05) is 22.7 Å². The lowest BCUT2D eigenvalue weighted by Crippen LogP contribution is -2.53. The first-order valence-corrected chi connectivity index (χ1v) is 8.62. The highest BCUT2D eigenvalue weighted by Crippen LogP contribution is 2.31. The van der Waals surface area contributed by atoms with E-state index >= 15 is 0 Å². The van der Waals surface area contributed by atoms with E-state index in [4.69, 9.17) is 27.9 Å². The molecule has 1 aliphatic rings. The Labute approximate surface area is 138 Å². The fraction of sp³-hybridized carbons (Fsp3) is 0.647. The Morgan fingerprint density at radius 3 is 2.76 bits per heavy atom. The number of hydrogen-bond donors (Lipinski definition) is 1. The largest absolute Gasteiger partial charge is 0.374 e. The molecule has 0 aliphatic carbocycles. The van der Waals surface area contributed by atoms with Crippen LogP contribution in [0, 0.1) is 0 Å². The highest BCUT2D eigenvalue weighted by Gasteiger charge is 2.36. The molecule has 118 valence electrons. The molecule has 0 amide bonds. The Kier molecular flexibility index (Phi) is 6.36. The minimum Gasteiger partial charge on any atom is -0.374 e. The van der Waals surface area contributed by atoms with Crippen LogP contribution in [0.2, 0.25) is 10.0 Å². The number of halogens is 2. The molecule has 1 heterocycles. The molecule has 2 nitrogen and oxygen atoms in total. The first kappa shape index (κ1) is 17.1. The van der Waals surface area contributed by atoms with Crippen molar-refractivity contribution in [1.29, 1.82) is 0 Å². The van der Waals surface area contributed by atoms with Crippen LogP contribution in [0.15, 0.2) is 18.2 Å². The molecule has 1 fully saturated rings. The highest BCUT2D eigenvalue weighted by atomic mass is 35.5. The fourth-order valence-electron chi connectivity index (χ4n) is 2.96. The van der Waals surface area contributed by atoms with E-state index in [9.17, 15) is 0 Å². The van der Waals surface area contributed by atoms with Crippen LogP contribution in [-0.2, 0) is 11.2 Å². The number of benzene rings is 1. The summed E-state index contributed by atoms with van der Waals surface area (Å²) < 4.78 is 6.13. The summed E-state index contributed by atoms with van der Waals surface area (Å²) in [6, 6.07) is 6.03. The van der Waals surface area contributed by atoms with Crippen molar-refractivity contribution in [3.8, 4) is 0 Å². The summed E-state index contributed by atoms with van der Waals surface area (Å²) in [6.45, 7) is 6.26. The normalized spacial score (nSPS) is 24.0. The number of ether oxygens (including phenoxy) is 1. The van der Waals surface area contributed by atoms with Gasteiger partial charge in [0.25, 0.3) is 0 Å². The van der Waals surface area contributed by atoms with Crippen molar-refractivity contribution < 1.29 is 4.74 Å². The average molecular weight is 330 g/mol. The predicted molar refractivity (Wildman–Crippen MR) is 90.5 cm³/mol. The van der Waals surface area contributed by atoms with Gasteiger partial charge < -0.3 is 10.1 Å². The summed E-state index contributed by atoms with van der Waals surface area (Å²) in [5.41, 5.74) is 1.01. The van der Waals surface area contributed by atoms with E-state index in [1.54, 1.807) is 0 Å². The molecule has 1 N–H and O–H groups in total. The standard InChI is InChI=1S/C17H25Cl2NO/c1-3-9-20-16(17(2)8-4-5-10-21-17)11-13-6-7-14(18)12-15(13)19/h6-7,12,16,20H,3-5,8-11H2,1-2H3. The third-order valence-corrected chi connectivity index (χ3v) is 4.90. The van der Waals surface area contributed by atoms with Crippen LogP contribution in [0.3, 0.4) is 0 Å². The zero-order valence-electron chi connectivity index (χ0n) is 12.9. The van der Waals surface area contributed by atoms with E-state index in [1.807, 2.05) is 18.2 Å². The zero-order chi connectivity index (χ0) is 15.3. The minimum atomic E-state index is -0.115. The van der Waals surface area contributed by atoms with Gasteiger partial charge >= 0.3 is 0 Å². The Morgan fingerprint density at radius 1 is 1.33 bits per heavy atom. The Bertz CT molecular complexity index is 458. The molecule has 0 spiro atoms. The maximum absolute atomic E-state index is 6.34. The quantitative estimate of drug-likeness (QED) is 0.804. The van der Waals surface area contributed by atoms with Gasteiger partial charge in [-0.25, -0.2) is 0 Å². The summed E-state index contributed by atoms with van der Waals surface area (Å²) in [5, 5.41) is 5.08. The topological polar surface area (TPSA) is 21.3 Å². The van der Waals surface area contributed by atoms with E-state index in [-0.39, 0.29) is 11.6 Å². The van der Waals surface area contributed by atoms with Gasteiger partial charge in [0.1, 0.15) is 0 Å². The zero-order valence-corrected chi connectivity index (χ0v) is 14.4. The summed E-state index contributed by atoms with van der Waals surface area (Å²) >= 11 is 12.3. The van der Waals surface area contributed by atoms with Crippen LogP contribution in [0.1, 0.15) is 45.1 Å². The van der Waals surface area contributed by atoms with Crippen LogP contribution >= 0.6 is 23.2 Å². The first-order valence-electron chi connectivity index (χ1n) is 7.86. The molecule has 1 aromatic carbocycles. The summed E-state index contributed by atoms with van der Waals surface area (Å²) in [5.74, 6) is 0. The second-order valence-corrected chi connectivity index (χ2v) is 6.91. The molecule has 0 bridgehead atoms. The van der Waals surface area contributed by atoms with E-state index in [1.165, 1.54) is 6.42 Å². The fourth-order valence-corrected chi connectivity index (χ4v) is 3.45.